The maximum atomic E-state index is 12.7. The molecule has 188 valence electrons. The average Bonchev–Trinajstić information content (AvgIpc) is 2.84. The van der Waals surface area contributed by atoms with Crippen LogP contribution in [0.2, 0.25) is 0 Å². The molecule has 1 aromatic carbocycles. The predicted octanol–water partition coefficient (Wildman–Crippen LogP) is 4.63. The summed E-state index contributed by atoms with van der Waals surface area (Å²) < 4.78 is 0. The van der Waals surface area contributed by atoms with Crippen molar-refractivity contribution >= 4 is 23.2 Å². The van der Waals surface area contributed by atoms with E-state index in [1.807, 2.05) is 0 Å². The number of benzene rings is 1. The summed E-state index contributed by atoms with van der Waals surface area (Å²) in [5.74, 6) is 1.28. The van der Waals surface area contributed by atoms with E-state index in [-0.39, 0.29) is 18.0 Å². The molecule has 1 aliphatic heterocycles. The molecule has 1 spiro atoms. The number of piperazine rings is 1. The van der Waals surface area contributed by atoms with E-state index in [1.54, 1.807) is 0 Å². The number of carbonyl (C=O) groups excluding carboxylic acids is 1. The summed E-state index contributed by atoms with van der Waals surface area (Å²) in [5.41, 5.74) is 2.89. The number of amides is 1. The summed E-state index contributed by atoms with van der Waals surface area (Å²) in [4.78, 5) is 17.7. The zero-order valence-corrected chi connectivity index (χ0v) is 22.3. The standard InChI is InChI=1S/C28H44N4OS/c1-21-10-12-24(13-11-21)19-32-17-16-31(20-28(32)14-5-4-6-15-28)27(34)29-18-26(33)30-25-9-7-8-22(2)23(25)3/h10-13,22-23,25H,4-9,14-20H2,1-3H3,(H,29,34)(H,30,33). The lowest BCUT2D eigenvalue weighted by atomic mass is 9.78. The van der Waals surface area contributed by atoms with Gasteiger partial charge in [0, 0.05) is 37.8 Å². The van der Waals surface area contributed by atoms with E-state index in [4.69, 9.17) is 12.2 Å². The van der Waals surface area contributed by atoms with Crippen LogP contribution in [0.3, 0.4) is 0 Å². The molecule has 0 radical (unpaired) electrons. The minimum atomic E-state index is 0.0682. The van der Waals surface area contributed by atoms with Gasteiger partial charge in [-0.05, 0) is 55.8 Å². The van der Waals surface area contributed by atoms with Crippen molar-refractivity contribution in [3.05, 3.63) is 35.4 Å². The minimum absolute atomic E-state index is 0.0682. The molecule has 1 aromatic rings. The molecule has 2 aliphatic carbocycles. The quantitative estimate of drug-likeness (QED) is 0.597. The van der Waals surface area contributed by atoms with Crippen molar-refractivity contribution in [1.29, 1.82) is 0 Å². The second kappa shape index (κ2) is 11.4. The summed E-state index contributed by atoms with van der Waals surface area (Å²) in [6.07, 6.45) is 9.95. The molecule has 34 heavy (non-hydrogen) atoms. The second-order valence-corrected chi connectivity index (χ2v) is 11.6. The molecule has 0 bridgehead atoms. The molecule has 3 unspecified atom stereocenters. The molecular formula is C28H44N4OS. The van der Waals surface area contributed by atoms with Gasteiger partial charge in [0.15, 0.2) is 5.11 Å². The van der Waals surface area contributed by atoms with Crippen LogP contribution in [0.5, 0.6) is 0 Å². The summed E-state index contributed by atoms with van der Waals surface area (Å²) in [6.45, 7) is 10.9. The van der Waals surface area contributed by atoms with E-state index in [0.29, 0.717) is 17.9 Å². The fraction of sp³-hybridized carbons (Fsp3) is 0.714. The molecule has 1 heterocycles. The molecular weight excluding hydrogens is 440 g/mol. The van der Waals surface area contributed by atoms with E-state index in [0.717, 1.165) is 37.7 Å². The van der Waals surface area contributed by atoms with Gasteiger partial charge in [0.1, 0.15) is 0 Å². The Balaban J connectivity index is 1.32. The third-order valence-corrected chi connectivity index (χ3v) is 9.22. The Kier molecular flexibility index (Phi) is 8.52. The second-order valence-electron chi connectivity index (χ2n) is 11.2. The zero-order valence-electron chi connectivity index (χ0n) is 21.4. The van der Waals surface area contributed by atoms with Crippen molar-refractivity contribution in [2.24, 2.45) is 11.8 Å². The maximum Gasteiger partial charge on any atom is 0.239 e. The Morgan fingerprint density at radius 3 is 2.53 bits per heavy atom. The van der Waals surface area contributed by atoms with Crippen LogP contribution in [0.15, 0.2) is 24.3 Å². The van der Waals surface area contributed by atoms with Crippen LogP contribution in [-0.4, -0.2) is 58.6 Å². The van der Waals surface area contributed by atoms with E-state index in [1.165, 1.54) is 56.1 Å². The van der Waals surface area contributed by atoms with E-state index >= 15 is 0 Å². The van der Waals surface area contributed by atoms with Crippen molar-refractivity contribution in [1.82, 2.24) is 20.4 Å². The molecule has 2 saturated carbocycles. The van der Waals surface area contributed by atoms with Crippen LogP contribution >= 0.6 is 12.2 Å². The van der Waals surface area contributed by atoms with Crippen LogP contribution in [0.4, 0.5) is 0 Å². The monoisotopic (exact) mass is 484 g/mol. The van der Waals surface area contributed by atoms with Crippen LogP contribution in [0.25, 0.3) is 0 Å². The van der Waals surface area contributed by atoms with Gasteiger partial charge in [-0.2, -0.15) is 0 Å². The van der Waals surface area contributed by atoms with Gasteiger partial charge in [0.05, 0.1) is 6.54 Å². The van der Waals surface area contributed by atoms with Gasteiger partial charge >= 0.3 is 0 Å². The van der Waals surface area contributed by atoms with E-state index in [9.17, 15) is 4.79 Å². The molecule has 2 N–H and O–H groups in total. The first-order valence-corrected chi connectivity index (χ1v) is 13.9. The fourth-order valence-electron chi connectivity index (χ4n) is 6.34. The van der Waals surface area contributed by atoms with Gasteiger partial charge in [0.2, 0.25) is 5.91 Å². The van der Waals surface area contributed by atoms with Crippen molar-refractivity contribution in [3.8, 4) is 0 Å². The summed E-state index contributed by atoms with van der Waals surface area (Å²) in [5, 5.41) is 7.29. The largest absolute Gasteiger partial charge is 0.353 e. The van der Waals surface area contributed by atoms with Crippen molar-refractivity contribution < 1.29 is 4.79 Å². The average molecular weight is 485 g/mol. The third kappa shape index (κ3) is 6.12. The molecule has 3 fully saturated rings. The number of thiocarbonyl (C=S) groups is 1. The number of hydrogen-bond acceptors (Lipinski definition) is 3. The van der Waals surface area contributed by atoms with Crippen molar-refractivity contribution in [2.45, 2.75) is 90.3 Å². The SMILES string of the molecule is Cc1ccc(CN2CCN(C(=S)NCC(=O)NC3CCCC(C)C3C)CC23CCCCC3)cc1. The summed E-state index contributed by atoms with van der Waals surface area (Å²) >= 11 is 5.79. The minimum Gasteiger partial charge on any atom is -0.353 e. The van der Waals surface area contributed by atoms with Crippen molar-refractivity contribution in [2.75, 3.05) is 26.2 Å². The van der Waals surface area contributed by atoms with E-state index in [2.05, 4.69) is 65.5 Å². The Labute approximate surface area is 212 Å². The first-order valence-electron chi connectivity index (χ1n) is 13.5. The van der Waals surface area contributed by atoms with Gasteiger partial charge in [-0.25, -0.2) is 0 Å². The molecule has 1 saturated heterocycles. The normalized spacial score (nSPS) is 27.4. The smallest absolute Gasteiger partial charge is 0.239 e. The van der Waals surface area contributed by atoms with Crippen molar-refractivity contribution in [3.63, 3.8) is 0 Å². The topological polar surface area (TPSA) is 47.6 Å². The Bertz CT molecular complexity index is 835. The Hall–Kier alpha value is -1.66. The molecule has 6 heteroatoms. The highest BCUT2D eigenvalue weighted by molar-refractivity contribution is 7.80. The van der Waals surface area contributed by atoms with Crippen LogP contribution in [-0.2, 0) is 11.3 Å². The highest BCUT2D eigenvalue weighted by Gasteiger charge is 2.42. The third-order valence-electron chi connectivity index (χ3n) is 8.81. The van der Waals surface area contributed by atoms with Crippen LogP contribution in [0.1, 0.15) is 76.3 Å². The first-order chi connectivity index (χ1) is 16.4. The summed E-state index contributed by atoms with van der Waals surface area (Å²) in [6, 6.07) is 9.28. The highest BCUT2D eigenvalue weighted by Crippen LogP contribution is 2.37. The Morgan fingerprint density at radius 2 is 1.79 bits per heavy atom. The lowest BCUT2D eigenvalue weighted by Crippen LogP contribution is -2.64. The van der Waals surface area contributed by atoms with Gasteiger partial charge < -0.3 is 15.5 Å². The fourth-order valence-corrected chi connectivity index (χ4v) is 6.57. The van der Waals surface area contributed by atoms with Gasteiger partial charge in [0.25, 0.3) is 0 Å². The lowest BCUT2D eigenvalue weighted by molar-refractivity contribution is -0.121. The molecule has 1 amide bonds. The first kappa shape index (κ1) is 25.4. The van der Waals surface area contributed by atoms with Crippen LogP contribution in [0, 0.1) is 18.8 Å². The van der Waals surface area contributed by atoms with Gasteiger partial charge in [-0.3, -0.25) is 9.69 Å². The van der Waals surface area contributed by atoms with E-state index < -0.39 is 0 Å². The number of hydrogen-bond donors (Lipinski definition) is 2. The molecule has 4 rings (SSSR count). The number of carbonyl (C=O) groups is 1. The van der Waals surface area contributed by atoms with Crippen LogP contribution < -0.4 is 10.6 Å². The number of rotatable bonds is 5. The molecule has 3 atom stereocenters. The molecule has 3 aliphatic rings. The maximum absolute atomic E-state index is 12.7. The summed E-state index contributed by atoms with van der Waals surface area (Å²) in [7, 11) is 0. The zero-order chi connectivity index (χ0) is 24.1. The number of aryl methyl sites for hydroxylation is 1. The highest BCUT2D eigenvalue weighted by atomic mass is 32.1. The molecule has 0 aromatic heterocycles. The molecule has 5 nitrogen and oxygen atoms in total. The lowest BCUT2D eigenvalue weighted by Gasteiger charge is -2.53. The van der Waals surface area contributed by atoms with Gasteiger partial charge in [-0.15, -0.1) is 0 Å². The number of nitrogens with one attached hydrogen (secondary N) is 2. The number of nitrogens with zero attached hydrogens (tertiary/aromatic N) is 2. The van der Waals surface area contributed by atoms with Gasteiger partial charge in [-0.1, -0.05) is 75.8 Å². The Morgan fingerprint density at radius 1 is 1.06 bits per heavy atom. The predicted molar refractivity (Wildman–Crippen MR) is 144 cm³/mol.